The van der Waals surface area contributed by atoms with E-state index in [1.54, 1.807) is 20.8 Å². The third-order valence-electron chi connectivity index (χ3n) is 2.10. The maximum Gasteiger partial charge on any atom is 0.329 e. The molecule has 0 aromatic heterocycles. The Labute approximate surface area is 127 Å². The number of nitrogens with two attached hydrogens (primary N) is 1. The summed E-state index contributed by atoms with van der Waals surface area (Å²) >= 11 is 11.6. The molecule has 112 valence electrons. The van der Waals surface area contributed by atoms with Crippen molar-refractivity contribution in [3.63, 3.8) is 0 Å². The van der Waals surface area contributed by atoms with Gasteiger partial charge in [0.1, 0.15) is 4.90 Å². The summed E-state index contributed by atoms with van der Waals surface area (Å²) in [6.45, 7) is 5.14. The number of halogens is 2. The van der Waals surface area contributed by atoms with E-state index in [0.717, 1.165) is 0 Å². The molecule has 0 aliphatic heterocycles. The van der Waals surface area contributed by atoms with Crippen LogP contribution in [0.4, 0.5) is 10.5 Å². The molecular formula is C11H15Cl2N3O3S. The lowest BCUT2D eigenvalue weighted by atomic mass is 10.1. The van der Waals surface area contributed by atoms with Crippen LogP contribution < -0.4 is 15.8 Å². The van der Waals surface area contributed by atoms with Crippen LogP contribution in [-0.4, -0.2) is 20.0 Å². The second-order valence-corrected chi connectivity index (χ2v) is 7.52. The molecule has 6 nitrogen and oxygen atoms in total. The second-order valence-electron chi connectivity index (χ2n) is 5.08. The first-order valence-corrected chi connectivity index (χ1v) is 7.76. The Morgan fingerprint density at radius 3 is 2.30 bits per heavy atom. The number of benzene rings is 1. The first kappa shape index (κ1) is 16.9. The number of carbonyl (C=O) groups excluding carboxylic acids is 1. The highest BCUT2D eigenvalue weighted by molar-refractivity contribution is 7.90. The van der Waals surface area contributed by atoms with E-state index in [0.29, 0.717) is 0 Å². The minimum atomic E-state index is -4.13. The molecule has 4 N–H and O–H groups in total. The predicted molar refractivity (Wildman–Crippen MR) is 79.5 cm³/mol. The summed E-state index contributed by atoms with van der Waals surface area (Å²) in [7, 11) is -4.13. The smallest absolute Gasteiger partial charge is 0.329 e. The van der Waals surface area contributed by atoms with Gasteiger partial charge in [-0.05, 0) is 32.9 Å². The zero-order valence-corrected chi connectivity index (χ0v) is 13.4. The van der Waals surface area contributed by atoms with E-state index in [1.165, 1.54) is 12.1 Å². The van der Waals surface area contributed by atoms with Crippen molar-refractivity contribution in [3.05, 3.63) is 22.2 Å². The Kier molecular flexibility index (Phi) is 4.78. The number of hydrogen-bond acceptors (Lipinski definition) is 4. The molecule has 0 heterocycles. The third kappa shape index (κ3) is 4.16. The van der Waals surface area contributed by atoms with Crippen LogP contribution in [0.25, 0.3) is 0 Å². The van der Waals surface area contributed by atoms with Gasteiger partial charge in [-0.2, -0.15) is 0 Å². The van der Waals surface area contributed by atoms with Crippen LogP contribution >= 0.6 is 23.2 Å². The van der Waals surface area contributed by atoms with Gasteiger partial charge in [-0.3, -0.25) is 0 Å². The van der Waals surface area contributed by atoms with Gasteiger partial charge in [-0.25, -0.2) is 17.9 Å². The Morgan fingerprint density at radius 2 is 1.80 bits per heavy atom. The minimum Gasteiger partial charge on any atom is -0.396 e. The van der Waals surface area contributed by atoms with Gasteiger partial charge in [0.15, 0.2) is 0 Å². The number of nitrogens with one attached hydrogen (secondary N) is 2. The van der Waals surface area contributed by atoms with Gasteiger partial charge in [0.25, 0.3) is 10.0 Å². The van der Waals surface area contributed by atoms with Crippen LogP contribution in [0.3, 0.4) is 0 Å². The molecule has 20 heavy (non-hydrogen) atoms. The number of hydrogen-bond donors (Lipinski definition) is 3. The summed E-state index contributed by atoms with van der Waals surface area (Å²) in [4.78, 5) is 11.3. The van der Waals surface area contributed by atoms with Gasteiger partial charge >= 0.3 is 6.03 Å². The summed E-state index contributed by atoms with van der Waals surface area (Å²) in [5.74, 6) is 0. The van der Waals surface area contributed by atoms with E-state index in [4.69, 9.17) is 28.9 Å². The molecule has 0 saturated heterocycles. The number of sulfonamides is 1. The number of carbonyl (C=O) groups is 1. The van der Waals surface area contributed by atoms with Crippen LogP contribution in [0, 0.1) is 0 Å². The largest absolute Gasteiger partial charge is 0.396 e. The zero-order valence-electron chi connectivity index (χ0n) is 11.1. The van der Waals surface area contributed by atoms with Crippen molar-refractivity contribution in [2.45, 2.75) is 31.2 Å². The number of urea groups is 1. The van der Waals surface area contributed by atoms with Crippen LogP contribution in [0.15, 0.2) is 17.0 Å². The third-order valence-corrected chi connectivity index (χ3v) is 4.32. The number of nitrogen functional groups attached to an aromatic ring is 1. The van der Waals surface area contributed by atoms with E-state index in [2.05, 4.69) is 5.32 Å². The zero-order chi connectivity index (χ0) is 15.7. The van der Waals surface area contributed by atoms with Gasteiger partial charge in [-0.1, -0.05) is 23.2 Å². The summed E-state index contributed by atoms with van der Waals surface area (Å²) in [5.41, 5.74) is 4.91. The lowest BCUT2D eigenvalue weighted by Gasteiger charge is -2.20. The van der Waals surface area contributed by atoms with Crippen LogP contribution in [0.1, 0.15) is 20.8 Å². The monoisotopic (exact) mass is 339 g/mol. The lowest BCUT2D eigenvalue weighted by molar-refractivity contribution is 0.237. The lowest BCUT2D eigenvalue weighted by Crippen LogP contribution is -2.48. The molecule has 2 amide bonds. The maximum atomic E-state index is 12.1. The molecule has 1 aromatic carbocycles. The highest BCUT2D eigenvalue weighted by atomic mass is 35.5. The molecular weight excluding hydrogens is 325 g/mol. The summed E-state index contributed by atoms with van der Waals surface area (Å²) in [6.07, 6.45) is 0. The second kappa shape index (κ2) is 5.67. The van der Waals surface area contributed by atoms with Gasteiger partial charge in [0.05, 0.1) is 15.7 Å². The molecule has 0 radical (unpaired) electrons. The van der Waals surface area contributed by atoms with Crippen LogP contribution in [0.2, 0.25) is 10.0 Å². The molecule has 0 aliphatic rings. The standard InChI is InChI=1S/C11H15Cl2N3O3S/c1-11(2,3)15-10(17)16-20(18,19)7-5-4-6(12)9(14)8(7)13/h4-5H,14H2,1-3H3,(H2,15,16,17). The number of rotatable bonds is 2. The molecule has 1 aromatic rings. The summed E-state index contributed by atoms with van der Waals surface area (Å²) < 4.78 is 26.0. The fourth-order valence-corrected chi connectivity index (χ4v) is 2.97. The predicted octanol–water partition coefficient (Wildman–Crippen LogP) is 2.36. The number of amides is 2. The maximum absolute atomic E-state index is 12.1. The first-order valence-electron chi connectivity index (χ1n) is 5.52. The summed E-state index contributed by atoms with van der Waals surface area (Å²) in [6, 6.07) is 1.61. The van der Waals surface area contributed by atoms with Gasteiger partial charge in [0.2, 0.25) is 0 Å². The van der Waals surface area contributed by atoms with Crippen LogP contribution in [0.5, 0.6) is 0 Å². The van der Waals surface area contributed by atoms with Crippen molar-refractivity contribution < 1.29 is 13.2 Å². The first-order chi connectivity index (χ1) is 8.94. The normalized spacial score (nSPS) is 12.1. The Balaban J connectivity index is 3.07. The van der Waals surface area contributed by atoms with E-state index in [-0.39, 0.29) is 20.6 Å². The quantitative estimate of drug-likeness (QED) is 0.719. The van der Waals surface area contributed by atoms with Crippen molar-refractivity contribution >= 4 is 44.9 Å². The minimum absolute atomic E-state index is 0.0626. The summed E-state index contributed by atoms with van der Waals surface area (Å²) in [5, 5.41) is 2.37. The highest BCUT2D eigenvalue weighted by Gasteiger charge is 2.24. The molecule has 0 atom stereocenters. The molecule has 0 spiro atoms. The SMILES string of the molecule is CC(C)(C)NC(=O)NS(=O)(=O)c1ccc(Cl)c(N)c1Cl. The average Bonchev–Trinajstić information content (AvgIpc) is 2.21. The van der Waals surface area contributed by atoms with Crippen molar-refractivity contribution in [1.82, 2.24) is 10.0 Å². The molecule has 0 unspecified atom stereocenters. The fraction of sp³-hybridized carbons (Fsp3) is 0.364. The molecule has 0 saturated carbocycles. The van der Waals surface area contributed by atoms with E-state index in [1.807, 2.05) is 4.72 Å². The van der Waals surface area contributed by atoms with Crippen molar-refractivity contribution in [1.29, 1.82) is 0 Å². The van der Waals surface area contributed by atoms with E-state index < -0.39 is 21.6 Å². The molecule has 9 heteroatoms. The van der Waals surface area contributed by atoms with Crippen molar-refractivity contribution in [2.24, 2.45) is 0 Å². The molecule has 0 fully saturated rings. The van der Waals surface area contributed by atoms with Gasteiger partial charge in [0, 0.05) is 5.54 Å². The van der Waals surface area contributed by atoms with E-state index >= 15 is 0 Å². The topological polar surface area (TPSA) is 101 Å². The van der Waals surface area contributed by atoms with Crippen molar-refractivity contribution in [3.8, 4) is 0 Å². The molecule has 0 aliphatic carbocycles. The van der Waals surface area contributed by atoms with Gasteiger partial charge in [-0.15, -0.1) is 0 Å². The average molecular weight is 340 g/mol. The fourth-order valence-electron chi connectivity index (χ4n) is 1.30. The highest BCUT2D eigenvalue weighted by Crippen LogP contribution is 2.32. The Morgan fingerprint density at radius 1 is 1.25 bits per heavy atom. The van der Waals surface area contributed by atoms with Crippen molar-refractivity contribution in [2.75, 3.05) is 5.73 Å². The number of anilines is 1. The Hall–Kier alpha value is -1.18. The molecule has 1 rings (SSSR count). The van der Waals surface area contributed by atoms with E-state index in [9.17, 15) is 13.2 Å². The molecule has 0 bridgehead atoms. The Bertz CT molecular complexity index is 639. The van der Waals surface area contributed by atoms with Crippen LogP contribution in [-0.2, 0) is 10.0 Å². The van der Waals surface area contributed by atoms with Gasteiger partial charge < -0.3 is 11.1 Å².